The first-order valence-electron chi connectivity index (χ1n) is 5.79. The zero-order valence-corrected chi connectivity index (χ0v) is 10.6. The second-order valence-corrected chi connectivity index (χ2v) is 4.41. The number of anilines is 1. The van der Waals surface area contributed by atoms with Crippen LogP contribution in [-0.2, 0) is 0 Å². The van der Waals surface area contributed by atoms with Crippen LogP contribution in [0.3, 0.4) is 0 Å². The number of furan rings is 1. The number of aryl methyl sites for hydroxylation is 1. The highest BCUT2D eigenvalue weighted by atomic mass is 16.4. The van der Waals surface area contributed by atoms with Crippen molar-refractivity contribution in [1.82, 2.24) is 0 Å². The van der Waals surface area contributed by atoms with Crippen LogP contribution in [0.5, 0.6) is 0 Å². The minimum Gasteiger partial charge on any atom is -0.464 e. The van der Waals surface area contributed by atoms with Crippen LogP contribution >= 0.6 is 0 Å². The molecule has 1 atom stereocenters. The molecule has 1 unspecified atom stereocenters. The molecule has 0 spiro atoms. The molecule has 0 aliphatic heterocycles. The van der Waals surface area contributed by atoms with Crippen molar-refractivity contribution < 1.29 is 9.52 Å². The molecule has 0 amide bonds. The lowest BCUT2D eigenvalue weighted by atomic mass is 9.98. The van der Waals surface area contributed by atoms with E-state index < -0.39 is 6.10 Å². The minimum atomic E-state index is -0.795. The third kappa shape index (κ3) is 2.41. The summed E-state index contributed by atoms with van der Waals surface area (Å²) in [6.07, 6.45) is 0.885. The Morgan fingerprint density at radius 3 is 2.61 bits per heavy atom. The SMILES string of the molecule is [CH2]c1ccc([CH]C(O)c2ccc(C)o2)c(N)c1C. The van der Waals surface area contributed by atoms with Gasteiger partial charge in [0, 0.05) is 12.1 Å². The van der Waals surface area contributed by atoms with Crippen molar-refractivity contribution in [3.63, 3.8) is 0 Å². The Kier molecular flexibility index (Phi) is 3.43. The molecule has 2 radical (unpaired) electrons. The quantitative estimate of drug-likeness (QED) is 0.815. The van der Waals surface area contributed by atoms with Crippen LogP contribution in [0.2, 0.25) is 0 Å². The highest BCUT2D eigenvalue weighted by Crippen LogP contribution is 2.28. The zero-order chi connectivity index (χ0) is 13.3. The summed E-state index contributed by atoms with van der Waals surface area (Å²) < 4.78 is 5.38. The lowest BCUT2D eigenvalue weighted by Crippen LogP contribution is -2.03. The fourth-order valence-electron chi connectivity index (χ4n) is 1.80. The van der Waals surface area contributed by atoms with Crippen LogP contribution in [0, 0.1) is 27.2 Å². The molecule has 94 valence electrons. The molecule has 1 heterocycles. The molecule has 3 heteroatoms. The van der Waals surface area contributed by atoms with E-state index in [0.717, 1.165) is 22.5 Å². The van der Waals surface area contributed by atoms with Gasteiger partial charge in [0.25, 0.3) is 0 Å². The van der Waals surface area contributed by atoms with E-state index in [4.69, 9.17) is 10.2 Å². The van der Waals surface area contributed by atoms with Gasteiger partial charge in [0.2, 0.25) is 0 Å². The molecule has 2 aromatic rings. The van der Waals surface area contributed by atoms with Gasteiger partial charge in [-0.25, -0.2) is 0 Å². The summed E-state index contributed by atoms with van der Waals surface area (Å²) in [5.41, 5.74) is 9.27. The molecule has 2 rings (SSSR count). The number of nitrogen functional groups attached to an aromatic ring is 1. The van der Waals surface area contributed by atoms with E-state index in [1.54, 1.807) is 12.5 Å². The number of hydrogen-bond acceptors (Lipinski definition) is 3. The molecule has 18 heavy (non-hydrogen) atoms. The second-order valence-electron chi connectivity index (χ2n) is 4.41. The van der Waals surface area contributed by atoms with E-state index in [9.17, 15) is 5.11 Å². The molecule has 0 aliphatic rings. The van der Waals surface area contributed by atoms with Crippen molar-refractivity contribution >= 4 is 5.69 Å². The lowest BCUT2D eigenvalue weighted by Gasteiger charge is -2.13. The van der Waals surface area contributed by atoms with Crippen molar-refractivity contribution in [2.45, 2.75) is 20.0 Å². The first-order valence-corrected chi connectivity index (χ1v) is 5.79. The summed E-state index contributed by atoms with van der Waals surface area (Å²) in [4.78, 5) is 0. The average Bonchev–Trinajstić information content (AvgIpc) is 2.77. The van der Waals surface area contributed by atoms with Gasteiger partial charge in [0.1, 0.15) is 17.6 Å². The smallest absolute Gasteiger partial charge is 0.133 e. The van der Waals surface area contributed by atoms with Crippen molar-refractivity contribution in [2.24, 2.45) is 0 Å². The molecular formula is C15H17NO2. The topological polar surface area (TPSA) is 59.4 Å². The van der Waals surface area contributed by atoms with Gasteiger partial charge in [0.15, 0.2) is 0 Å². The first kappa shape index (κ1) is 12.7. The Labute approximate surface area is 107 Å². The van der Waals surface area contributed by atoms with Crippen LogP contribution in [0.4, 0.5) is 5.69 Å². The molecule has 0 aliphatic carbocycles. The number of rotatable bonds is 3. The van der Waals surface area contributed by atoms with Gasteiger partial charge >= 0.3 is 0 Å². The van der Waals surface area contributed by atoms with Crippen LogP contribution in [0.15, 0.2) is 28.7 Å². The van der Waals surface area contributed by atoms with Gasteiger partial charge in [-0.3, -0.25) is 0 Å². The summed E-state index contributed by atoms with van der Waals surface area (Å²) in [6, 6.07) is 7.32. The molecule has 0 saturated carbocycles. The van der Waals surface area contributed by atoms with Gasteiger partial charge in [-0.15, -0.1) is 0 Å². The van der Waals surface area contributed by atoms with Crippen molar-refractivity contribution in [1.29, 1.82) is 0 Å². The third-order valence-electron chi connectivity index (χ3n) is 3.05. The van der Waals surface area contributed by atoms with E-state index in [0.29, 0.717) is 11.4 Å². The maximum atomic E-state index is 10.1. The van der Waals surface area contributed by atoms with Gasteiger partial charge < -0.3 is 15.3 Å². The molecule has 0 bridgehead atoms. The molecule has 3 nitrogen and oxygen atoms in total. The van der Waals surface area contributed by atoms with E-state index >= 15 is 0 Å². The summed E-state index contributed by atoms with van der Waals surface area (Å²) in [5.74, 6) is 1.29. The number of aliphatic hydroxyl groups excluding tert-OH is 1. The Morgan fingerprint density at radius 1 is 1.28 bits per heavy atom. The lowest BCUT2D eigenvalue weighted by molar-refractivity contribution is 0.183. The Balaban J connectivity index is 2.22. The van der Waals surface area contributed by atoms with Crippen LogP contribution in [0.1, 0.15) is 34.3 Å². The van der Waals surface area contributed by atoms with Gasteiger partial charge in [-0.05, 0) is 49.6 Å². The Morgan fingerprint density at radius 2 is 2.00 bits per heavy atom. The van der Waals surface area contributed by atoms with Gasteiger partial charge in [-0.1, -0.05) is 12.1 Å². The molecule has 1 aromatic carbocycles. The van der Waals surface area contributed by atoms with E-state index in [-0.39, 0.29) is 0 Å². The number of hydrogen-bond donors (Lipinski definition) is 2. The van der Waals surface area contributed by atoms with E-state index in [2.05, 4.69) is 6.92 Å². The van der Waals surface area contributed by atoms with Gasteiger partial charge in [0.05, 0.1) is 0 Å². The molecule has 3 N–H and O–H groups in total. The molecule has 0 fully saturated rings. The number of benzene rings is 1. The van der Waals surface area contributed by atoms with Crippen molar-refractivity contribution in [2.75, 3.05) is 5.73 Å². The Hall–Kier alpha value is -1.74. The third-order valence-corrected chi connectivity index (χ3v) is 3.05. The minimum absolute atomic E-state index is 0.517. The Bertz CT molecular complexity index is 558. The van der Waals surface area contributed by atoms with Crippen LogP contribution in [-0.4, -0.2) is 5.11 Å². The standard InChI is InChI=1S/C15H17NO2/c1-9-4-6-12(15(16)11(9)3)8-13(17)14-7-5-10(2)18-14/h4-8,13,17H,1,16H2,2-3H3. The molecular weight excluding hydrogens is 226 g/mol. The predicted octanol–water partition coefficient (Wildman–Crippen LogP) is 2.95. The first-order chi connectivity index (χ1) is 8.49. The maximum Gasteiger partial charge on any atom is 0.133 e. The van der Waals surface area contributed by atoms with Gasteiger partial charge in [-0.2, -0.15) is 0 Å². The zero-order valence-electron chi connectivity index (χ0n) is 10.6. The van der Waals surface area contributed by atoms with E-state index in [1.807, 2.05) is 32.0 Å². The van der Waals surface area contributed by atoms with E-state index in [1.165, 1.54) is 0 Å². The summed E-state index contributed by atoms with van der Waals surface area (Å²) in [6.45, 7) is 7.64. The fourth-order valence-corrected chi connectivity index (χ4v) is 1.80. The monoisotopic (exact) mass is 243 g/mol. The normalized spacial score (nSPS) is 12.7. The van der Waals surface area contributed by atoms with Crippen LogP contribution < -0.4 is 5.73 Å². The average molecular weight is 243 g/mol. The highest BCUT2D eigenvalue weighted by Gasteiger charge is 2.15. The fraction of sp³-hybridized carbons (Fsp3) is 0.200. The maximum absolute atomic E-state index is 10.1. The van der Waals surface area contributed by atoms with Crippen LogP contribution in [0.25, 0.3) is 0 Å². The van der Waals surface area contributed by atoms with Crippen molar-refractivity contribution in [3.05, 3.63) is 65.8 Å². The highest BCUT2D eigenvalue weighted by molar-refractivity contribution is 5.60. The summed E-state index contributed by atoms with van der Waals surface area (Å²) in [7, 11) is 0. The number of aliphatic hydroxyl groups is 1. The largest absolute Gasteiger partial charge is 0.464 e. The molecule has 1 aromatic heterocycles. The van der Waals surface area contributed by atoms with Crippen molar-refractivity contribution in [3.8, 4) is 0 Å². The molecule has 0 saturated heterocycles. The summed E-state index contributed by atoms with van der Waals surface area (Å²) in [5, 5.41) is 10.1. The second kappa shape index (κ2) is 4.86. The summed E-state index contributed by atoms with van der Waals surface area (Å²) >= 11 is 0. The predicted molar refractivity (Wildman–Crippen MR) is 71.9 cm³/mol. The number of nitrogens with two attached hydrogens (primary N) is 1.